The van der Waals surface area contributed by atoms with Gasteiger partial charge in [-0.15, -0.1) is 0 Å². The summed E-state index contributed by atoms with van der Waals surface area (Å²) in [6, 6.07) is -3.92. The molecule has 1 rings (SSSR count). The molecule has 1 fully saturated rings. The molecule has 0 spiro atoms. The van der Waals surface area contributed by atoms with Crippen molar-refractivity contribution in [2.45, 2.75) is 51.7 Å². The van der Waals surface area contributed by atoms with Crippen molar-refractivity contribution >= 4 is 47.3 Å². The molecular formula is C21H34N8O10. The molecule has 18 heteroatoms. The molecule has 0 aromatic heterocycles. The van der Waals surface area contributed by atoms with Crippen LogP contribution in [0.5, 0.6) is 0 Å². The molecule has 0 aromatic carbocycles. The molecule has 1 unspecified atom stereocenters. The minimum absolute atomic E-state index is 0.301. The third-order valence-corrected chi connectivity index (χ3v) is 5.33. The summed E-state index contributed by atoms with van der Waals surface area (Å²) in [4.78, 5) is 97.2. The Labute approximate surface area is 223 Å². The Morgan fingerprint density at radius 1 is 0.667 bits per heavy atom. The number of hydrogen-bond donors (Lipinski definition) is 8. The molecule has 0 saturated carbocycles. The second kappa shape index (κ2) is 15.8. The van der Waals surface area contributed by atoms with Crippen LogP contribution in [0.2, 0.25) is 0 Å². The highest BCUT2D eigenvalue weighted by Gasteiger charge is 2.29. The van der Waals surface area contributed by atoms with Crippen LogP contribution in [0.3, 0.4) is 0 Å². The molecule has 1 heterocycles. The molecule has 1 saturated heterocycles. The van der Waals surface area contributed by atoms with Gasteiger partial charge in [0.05, 0.1) is 32.7 Å². The zero-order valence-corrected chi connectivity index (χ0v) is 21.7. The van der Waals surface area contributed by atoms with Crippen LogP contribution < -0.4 is 31.9 Å². The standard InChI is InChI=1S/C21H34N8O10/c1-11-19(35)23-10-18(34)26-15(5-7-29(39)13(3)31)21(37)27-14(4-6-28(38)12(2)30)20(36)24-8-16(32)22-9-17(33)25-11/h11,14-15,38-39H,4-10H2,1-3H3,(H,22,32)(H,23,35)(H,24,36)(H,25,33)(H,26,34)(H,27,37)/t11?,14-,15-/m0/s1. The Kier molecular flexibility index (Phi) is 13.3. The molecule has 0 aromatic rings. The van der Waals surface area contributed by atoms with Crippen LogP contribution in [0.1, 0.15) is 33.6 Å². The van der Waals surface area contributed by atoms with Gasteiger partial charge in [-0.1, -0.05) is 0 Å². The van der Waals surface area contributed by atoms with Gasteiger partial charge in [0, 0.05) is 13.8 Å². The SMILES string of the molecule is CC(=O)N(O)CC[C@@H]1NC(=O)CNC(=O)C(C)NC(=O)CNC(=O)CNC(=O)[C@H](CCN(O)C(C)=O)NC1=O. The molecule has 0 bridgehead atoms. The molecule has 8 amide bonds. The number of nitrogens with one attached hydrogen (secondary N) is 6. The van der Waals surface area contributed by atoms with Gasteiger partial charge in [0.2, 0.25) is 47.3 Å². The van der Waals surface area contributed by atoms with Crippen LogP contribution >= 0.6 is 0 Å². The first kappa shape index (κ1) is 32.7. The third-order valence-electron chi connectivity index (χ3n) is 5.33. The van der Waals surface area contributed by atoms with E-state index in [1.807, 2.05) is 0 Å². The number of hydroxylamine groups is 4. The Hall–Kier alpha value is -4.32. The smallest absolute Gasteiger partial charge is 0.243 e. The molecule has 218 valence electrons. The number of amides is 8. The van der Waals surface area contributed by atoms with E-state index in [1.54, 1.807) is 0 Å². The molecule has 0 radical (unpaired) electrons. The van der Waals surface area contributed by atoms with Gasteiger partial charge in [-0.2, -0.15) is 0 Å². The van der Waals surface area contributed by atoms with Gasteiger partial charge in [0.1, 0.15) is 18.1 Å². The van der Waals surface area contributed by atoms with Crippen LogP contribution in [0.25, 0.3) is 0 Å². The Morgan fingerprint density at radius 3 is 1.64 bits per heavy atom. The van der Waals surface area contributed by atoms with Crippen molar-refractivity contribution in [1.82, 2.24) is 42.0 Å². The van der Waals surface area contributed by atoms with Crippen molar-refractivity contribution in [3.63, 3.8) is 0 Å². The van der Waals surface area contributed by atoms with Gasteiger partial charge in [-0.3, -0.25) is 48.8 Å². The maximum Gasteiger partial charge on any atom is 0.243 e. The summed E-state index contributed by atoms with van der Waals surface area (Å²) in [6.45, 7) is 0.923. The molecular weight excluding hydrogens is 524 g/mol. The Balaban J connectivity index is 3.19. The number of hydrogen-bond acceptors (Lipinski definition) is 10. The van der Waals surface area contributed by atoms with Crippen LogP contribution in [-0.2, 0) is 38.4 Å². The summed E-state index contributed by atoms with van der Waals surface area (Å²) < 4.78 is 0. The van der Waals surface area contributed by atoms with E-state index in [1.165, 1.54) is 6.92 Å². The molecule has 39 heavy (non-hydrogen) atoms. The van der Waals surface area contributed by atoms with Crippen LogP contribution in [-0.4, -0.2) is 119 Å². The number of carbonyl (C=O) groups excluding carboxylic acids is 8. The maximum atomic E-state index is 13.0. The second-order valence-corrected chi connectivity index (χ2v) is 8.54. The average molecular weight is 559 g/mol. The zero-order valence-electron chi connectivity index (χ0n) is 21.7. The first-order chi connectivity index (χ1) is 18.2. The minimum Gasteiger partial charge on any atom is -0.346 e. The first-order valence-electron chi connectivity index (χ1n) is 11.9. The summed E-state index contributed by atoms with van der Waals surface area (Å²) in [5.74, 6) is -6.39. The third kappa shape index (κ3) is 12.2. The van der Waals surface area contributed by atoms with Crippen LogP contribution in [0, 0.1) is 0 Å². The Morgan fingerprint density at radius 2 is 1.10 bits per heavy atom. The van der Waals surface area contributed by atoms with Crippen LogP contribution in [0.4, 0.5) is 0 Å². The lowest BCUT2D eigenvalue weighted by molar-refractivity contribution is -0.164. The molecule has 3 atom stereocenters. The highest BCUT2D eigenvalue weighted by Crippen LogP contribution is 2.02. The topological polar surface area (TPSA) is 256 Å². The average Bonchev–Trinajstić information content (AvgIpc) is 2.87. The molecule has 8 N–H and O–H groups in total. The van der Waals surface area contributed by atoms with E-state index < -0.39 is 98.1 Å². The lowest BCUT2D eigenvalue weighted by atomic mass is 10.1. The molecule has 0 aliphatic carbocycles. The van der Waals surface area contributed by atoms with E-state index in [0.29, 0.717) is 10.1 Å². The van der Waals surface area contributed by atoms with Gasteiger partial charge in [0.25, 0.3) is 0 Å². The van der Waals surface area contributed by atoms with E-state index >= 15 is 0 Å². The second-order valence-electron chi connectivity index (χ2n) is 8.54. The summed E-state index contributed by atoms with van der Waals surface area (Å²) in [6.07, 6.45) is -0.629. The van der Waals surface area contributed by atoms with Crippen molar-refractivity contribution < 1.29 is 48.8 Å². The summed E-state index contributed by atoms with van der Waals surface area (Å²) >= 11 is 0. The van der Waals surface area contributed by atoms with Crippen molar-refractivity contribution in [2.24, 2.45) is 0 Å². The van der Waals surface area contributed by atoms with E-state index in [0.717, 1.165) is 13.8 Å². The number of nitrogens with zero attached hydrogens (tertiary/aromatic N) is 2. The first-order valence-corrected chi connectivity index (χ1v) is 11.9. The lowest BCUT2D eigenvalue weighted by Gasteiger charge is -2.25. The van der Waals surface area contributed by atoms with Gasteiger partial charge in [0.15, 0.2) is 0 Å². The quantitative estimate of drug-likeness (QED) is 0.114. The maximum absolute atomic E-state index is 13.0. The summed E-state index contributed by atoms with van der Waals surface area (Å²) in [7, 11) is 0. The fourth-order valence-electron chi connectivity index (χ4n) is 3.08. The fourth-order valence-corrected chi connectivity index (χ4v) is 3.08. The van der Waals surface area contributed by atoms with Crippen molar-refractivity contribution in [3.05, 3.63) is 0 Å². The minimum atomic E-state index is -1.42. The number of rotatable bonds is 6. The molecule has 1 aliphatic heterocycles. The van der Waals surface area contributed by atoms with E-state index in [2.05, 4.69) is 31.9 Å². The van der Waals surface area contributed by atoms with Gasteiger partial charge >= 0.3 is 0 Å². The predicted octanol–water partition coefficient (Wildman–Crippen LogP) is -4.92. The van der Waals surface area contributed by atoms with Crippen LogP contribution in [0.15, 0.2) is 0 Å². The van der Waals surface area contributed by atoms with Crippen molar-refractivity contribution in [2.75, 3.05) is 32.7 Å². The van der Waals surface area contributed by atoms with E-state index in [-0.39, 0.29) is 12.8 Å². The lowest BCUT2D eigenvalue weighted by Crippen LogP contribution is -2.57. The zero-order chi connectivity index (χ0) is 29.7. The monoisotopic (exact) mass is 558 g/mol. The highest BCUT2D eigenvalue weighted by molar-refractivity contribution is 5.96. The predicted molar refractivity (Wildman–Crippen MR) is 128 cm³/mol. The molecule has 18 nitrogen and oxygen atoms in total. The highest BCUT2D eigenvalue weighted by atomic mass is 16.5. The fraction of sp³-hybridized carbons (Fsp3) is 0.619. The normalized spacial score (nSPS) is 22.0. The summed E-state index contributed by atoms with van der Waals surface area (Å²) in [5, 5.41) is 33.7. The largest absolute Gasteiger partial charge is 0.346 e. The molecule has 1 aliphatic rings. The van der Waals surface area contributed by atoms with Gasteiger partial charge < -0.3 is 31.9 Å². The van der Waals surface area contributed by atoms with E-state index in [9.17, 15) is 48.8 Å². The van der Waals surface area contributed by atoms with Gasteiger partial charge in [-0.25, -0.2) is 10.1 Å². The van der Waals surface area contributed by atoms with Crippen molar-refractivity contribution in [3.8, 4) is 0 Å². The summed E-state index contributed by atoms with van der Waals surface area (Å²) in [5.41, 5.74) is 0. The van der Waals surface area contributed by atoms with Crippen molar-refractivity contribution in [1.29, 1.82) is 0 Å². The van der Waals surface area contributed by atoms with E-state index in [4.69, 9.17) is 0 Å². The number of carbonyl (C=O) groups is 8. The van der Waals surface area contributed by atoms with Gasteiger partial charge in [-0.05, 0) is 19.8 Å². The Bertz CT molecular complexity index is 974.